The Hall–Kier alpha value is -4.04. The van der Waals surface area contributed by atoms with Gasteiger partial charge in [-0.25, -0.2) is 9.67 Å². The van der Waals surface area contributed by atoms with Crippen LogP contribution < -0.4 is 14.9 Å². The molecule has 1 aliphatic heterocycles. The number of hydrogen-bond acceptors (Lipinski definition) is 6. The molecule has 1 N–H and O–H groups in total. The fraction of sp³-hybridized carbons (Fsp3) is 0.120. The highest BCUT2D eigenvalue weighted by Crippen LogP contribution is 2.33. The van der Waals surface area contributed by atoms with E-state index in [1.807, 2.05) is 41.8 Å². The van der Waals surface area contributed by atoms with Crippen LogP contribution >= 0.6 is 11.3 Å². The van der Waals surface area contributed by atoms with Gasteiger partial charge in [-0.3, -0.25) is 9.78 Å². The van der Waals surface area contributed by atoms with Crippen molar-refractivity contribution in [1.82, 2.24) is 9.66 Å². The van der Waals surface area contributed by atoms with Crippen molar-refractivity contribution < 1.29 is 9.53 Å². The van der Waals surface area contributed by atoms with Crippen LogP contribution in [0.5, 0.6) is 5.75 Å². The summed E-state index contributed by atoms with van der Waals surface area (Å²) in [6, 6.07) is 15.6. The molecular formula is C25H21N5O2S. The molecule has 0 fully saturated rings. The largest absolute Gasteiger partial charge is 0.482 e. The van der Waals surface area contributed by atoms with Gasteiger partial charge in [0.25, 0.3) is 5.91 Å². The maximum absolute atomic E-state index is 11.8. The number of carbonyl (C=O) groups excluding carboxylic acids is 1. The van der Waals surface area contributed by atoms with Gasteiger partial charge in [0.2, 0.25) is 4.80 Å². The van der Waals surface area contributed by atoms with E-state index in [0.29, 0.717) is 11.4 Å². The monoisotopic (exact) mass is 455 g/mol. The lowest BCUT2D eigenvalue weighted by Crippen LogP contribution is -2.25. The Morgan fingerprint density at radius 1 is 1.15 bits per heavy atom. The Kier molecular flexibility index (Phi) is 5.58. The van der Waals surface area contributed by atoms with Crippen molar-refractivity contribution in [2.24, 2.45) is 10.1 Å². The van der Waals surface area contributed by atoms with Crippen LogP contribution in [-0.2, 0) is 4.79 Å². The third-order valence-electron chi connectivity index (χ3n) is 5.32. The molecule has 0 saturated heterocycles. The van der Waals surface area contributed by atoms with Crippen LogP contribution in [-0.4, -0.2) is 28.4 Å². The summed E-state index contributed by atoms with van der Waals surface area (Å²) in [7, 11) is 0. The standard InChI is InChI=1S/C25H21N5O2S/c1-16-5-7-20(10-17(16)2)28-25-30(27-13-18-4-3-9-26-12-18)22(15-33-25)19-6-8-23-21(11-19)29-24(31)14-32-23/h3-13,15H,14H2,1-2H3,(H,29,31). The van der Waals surface area contributed by atoms with Crippen molar-refractivity contribution in [3.63, 3.8) is 0 Å². The number of aromatic nitrogens is 2. The summed E-state index contributed by atoms with van der Waals surface area (Å²) < 4.78 is 7.30. The number of aryl methyl sites for hydroxylation is 2. The van der Waals surface area contributed by atoms with Gasteiger partial charge < -0.3 is 10.1 Å². The highest BCUT2D eigenvalue weighted by atomic mass is 32.1. The lowest BCUT2D eigenvalue weighted by atomic mass is 10.1. The van der Waals surface area contributed by atoms with E-state index in [9.17, 15) is 4.79 Å². The van der Waals surface area contributed by atoms with Crippen molar-refractivity contribution in [2.75, 3.05) is 11.9 Å². The summed E-state index contributed by atoms with van der Waals surface area (Å²) in [5.74, 6) is 0.483. The predicted octanol–water partition coefficient (Wildman–Crippen LogP) is 4.67. The highest BCUT2D eigenvalue weighted by molar-refractivity contribution is 7.07. The van der Waals surface area contributed by atoms with E-state index >= 15 is 0 Å². The van der Waals surface area contributed by atoms with Crippen molar-refractivity contribution in [3.8, 4) is 17.0 Å². The van der Waals surface area contributed by atoms with Gasteiger partial charge in [0.15, 0.2) is 6.61 Å². The molecule has 0 radical (unpaired) electrons. The molecule has 4 aromatic rings. The molecule has 0 atom stereocenters. The summed E-state index contributed by atoms with van der Waals surface area (Å²) in [5, 5.41) is 9.60. The lowest BCUT2D eigenvalue weighted by molar-refractivity contribution is -0.118. The van der Waals surface area contributed by atoms with E-state index in [0.717, 1.165) is 27.3 Å². The first-order valence-electron chi connectivity index (χ1n) is 10.4. The SMILES string of the molecule is Cc1ccc(N=c2scc(-c3ccc4c(c3)NC(=O)CO4)n2N=Cc2cccnc2)cc1C. The van der Waals surface area contributed by atoms with Crippen LogP contribution in [0.4, 0.5) is 11.4 Å². The van der Waals surface area contributed by atoms with Crippen molar-refractivity contribution >= 4 is 34.8 Å². The number of nitrogens with zero attached hydrogens (tertiary/aromatic N) is 4. The quantitative estimate of drug-likeness (QED) is 0.454. The molecule has 7 nitrogen and oxygen atoms in total. The molecule has 2 aromatic heterocycles. The second-order valence-corrected chi connectivity index (χ2v) is 8.51. The van der Waals surface area contributed by atoms with Gasteiger partial charge in [-0.05, 0) is 61.4 Å². The van der Waals surface area contributed by atoms with Gasteiger partial charge in [0.1, 0.15) is 5.75 Å². The molecule has 0 aliphatic carbocycles. The van der Waals surface area contributed by atoms with Gasteiger partial charge in [-0.1, -0.05) is 12.1 Å². The van der Waals surface area contributed by atoms with E-state index in [2.05, 4.69) is 36.3 Å². The number of hydrogen-bond donors (Lipinski definition) is 1. The minimum Gasteiger partial charge on any atom is -0.482 e. The summed E-state index contributed by atoms with van der Waals surface area (Å²) >= 11 is 1.50. The average molecular weight is 456 g/mol. The Balaban J connectivity index is 1.63. The second-order valence-electron chi connectivity index (χ2n) is 7.67. The molecular weight excluding hydrogens is 434 g/mol. The third-order valence-corrected chi connectivity index (χ3v) is 6.13. The first-order chi connectivity index (χ1) is 16.1. The van der Waals surface area contributed by atoms with E-state index in [1.54, 1.807) is 23.3 Å². The molecule has 0 saturated carbocycles. The number of rotatable bonds is 4. The zero-order valence-corrected chi connectivity index (χ0v) is 19.0. The zero-order chi connectivity index (χ0) is 22.8. The number of benzene rings is 2. The Morgan fingerprint density at radius 3 is 2.88 bits per heavy atom. The molecule has 164 valence electrons. The number of ether oxygens (including phenoxy) is 1. The van der Waals surface area contributed by atoms with Gasteiger partial charge in [0.05, 0.1) is 23.3 Å². The smallest absolute Gasteiger partial charge is 0.262 e. The Morgan fingerprint density at radius 2 is 2.06 bits per heavy atom. The minimum atomic E-state index is -0.169. The van der Waals surface area contributed by atoms with Crippen LogP contribution in [0, 0.1) is 13.8 Å². The van der Waals surface area contributed by atoms with Gasteiger partial charge in [-0.2, -0.15) is 5.10 Å². The van der Waals surface area contributed by atoms with E-state index in [-0.39, 0.29) is 12.5 Å². The van der Waals surface area contributed by atoms with Crippen molar-refractivity contribution in [1.29, 1.82) is 0 Å². The van der Waals surface area contributed by atoms with E-state index < -0.39 is 0 Å². The van der Waals surface area contributed by atoms with Gasteiger partial charge >= 0.3 is 0 Å². The molecule has 0 unspecified atom stereocenters. The zero-order valence-electron chi connectivity index (χ0n) is 18.1. The molecule has 3 heterocycles. The summed E-state index contributed by atoms with van der Waals surface area (Å²) in [6.07, 6.45) is 5.23. The average Bonchev–Trinajstić information content (AvgIpc) is 3.22. The van der Waals surface area contributed by atoms with Crippen LogP contribution in [0.25, 0.3) is 11.3 Å². The molecule has 5 rings (SSSR count). The normalized spacial score (nSPS) is 13.6. The molecule has 2 aromatic carbocycles. The first kappa shape index (κ1) is 20.8. The molecule has 0 spiro atoms. The maximum Gasteiger partial charge on any atom is 0.262 e. The van der Waals surface area contributed by atoms with Crippen molar-refractivity contribution in [3.05, 3.63) is 87.8 Å². The Bertz CT molecular complexity index is 1440. The first-order valence-corrected chi connectivity index (χ1v) is 11.3. The Labute approximate surface area is 194 Å². The van der Waals surface area contributed by atoms with Crippen LogP contribution in [0.15, 0.2) is 76.4 Å². The number of anilines is 1. The van der Waals surface area contributed by atoms with E-state index in [4.69, 9.17) is 14.8 Å². The predicted molar refractivity (Wildman–Crippen MR) is 130 cm³/mol. The number of thiazole rings is 1. The number of nitrogens with one attached hydrogen (secondary N) is 1. The number of fused-ring (bicyclic) bond motifs is 1. The molecule has 33 heavy (non-hydrogen) atoms. The van der Waals surface area contributed by atoms with Gasteiger partial charge in [0, 0.05) is 28.9 Å². The van der Waals surface area contributed by atoms with Crippen LogP contribution in [0.3, 0.4) is 0 Å². The summed E-state index contributed by atoms with van der Waals surface area (Å²) in [5.41, 5.74) is 6.54. The highest BCUT2D eigenvalue weighted by Gasteiger charge is 2.18. The minimum absolute atomic E-state index is 0.0270. The number of pyridine rings is 1. The maximum atomic E-state index is 11.8. The molecule has 1 aliphatic rings. The summed E-state index contributed by atoms with van der Waals surface area (Å²) in [4.78, 5) is 21.5. The lowest BCUT2D eigenvalue weighted by Gasteiger charge is -2.18. The fourth-order valence-corrected chi connectivity index (χ4v) is 4.27. The molecule has 0 bridgehead atoms. The fourth-order valence-electron chi connectivity index (χ4n) is 3.41. The summed E-state index contributed by atoms with van der Waals surface area (Å²) in [6.45, 7) is 4.19. The third kappa shape index (κ3) is 4.47. The van der Waals surface area contributed by atoms with Crippen LogP contribution in [0.1, 0.15) is 16.7 Å². The van der Waals surface area contributed by atoms with Crippen LogP contribution in [0.2, 0.25) is 0 Å². The molecule has 1 amide bonds. The number of amides is 1. The molecule has 8 heteroatoms. The van der Waals surface area contributed by atoms with Gasteiger partial charge in [-0.15, -0.1) is 11.3 Å². The topological polar surface area (TPSA) is 80.9 Å². The van der Waals surface area contributed by atoms with E-state index in [1.165, 1.54) is 22.5 Å². The van der Waals surface area contributed by atoms with Crippen molar-refractivity contribution in [2.45, 2.75) is 13.8 Å². The second kappa shape index (κ2) is 8.84. The number of carbonyl (C=O) groups is 1.